The van der Waals surface area contributed by atoms with Gasteiger partial charge in [-0.25, -0.2) is 0 Å². The smallest absolute Gasteiger partial charge is 0.316 e. The molecule has 0 heterocycles. The van der Waals surface area contributed by atoms with Crippen LogP contribution in [0.4, 0.5) is 0 Å². The zero-order valence-corrected chi connectivity index (χ0v) is 17.8. The second-order valence-corrected chi connectivity index (χ2v) is 7.40. The number of ether oxygens (including phenoxy) is 2. The first-order valence-corrected chi connectivity index (χ1v) is 9.34. The normalized spacial score (nSPS) is 11.0. The highest BCUT2D eigenvalue weighted by atomic mass is 17.0. The van der Waals surface area contributed by atoms with Gasteiger partial charge < -0.3 is 24.5 Å². The minimum absolute atomic E-state index is 0.171. The first-order chi connectivity index (χ1) is 14.5. The number of aromatic hydroxyl groups is 2. The molecule has 9 heteroatoms. The predicted molar refractivity (Wildman–Crippen MR) is 113 cm³/mol. The van der Waals surface area contributed by atoms with Gasteiger partial charge in [0.2, 0.25) is 0 Å². The van der Waals surface area contributed by atoms with E-state index in [0.29, 0.717) is 22.4 Å². The Kier molecular flexibility index (Phi) is 7.12. The van der Waals surface area contributed by atoms with Crippen molar-refractivity contribution in [1.82, 2.24) is 0 Å². The molecule has 0 unspecified atom stereocenters. The number of phenolic OH excluding ortho intramolecular Hbond substituents is 2. The Morgan fingerprint density at radius 1 is 1.16 bits per heavy atom. The summed E-state index contributed by atoms with van der Waals surface area (Å²) >= 11 is 0. The van der Waals surface area contributed by atoms with Crippen molar-refractivity contribution in [2.75, 3.05) is 20.3 Å². The summed E-state index contributed by atoms with van der Waals surface area (Å²) in [6.45, 7) is 8.11. The molecule has 0 bridgehead atoms. The molecule has 2 aromatic carbocycles. The van der Waals surface area contributed by atoms with Gasteiger partial charge in [-0.15, -0.1) is 10.1 Å². The summed E-state index contributed by atoms with van der Waals surface area (Å²) in [4.78, 5) is 26.8. The van der Waals surface area contributed by atoms with Gasteiger partial charge in [-0.05, 0) is 56.2 Å². The van der Waals surface area contributed by atoms with E-state index < -0.39 is 23.1 Å². The topological polar surface area (TPSA) is 128 Å². The largest absolute Gasteiger partial charge is 0.507 e. The highest BCUT2D eigenvalue weighted by molar-refractivity contribution is 5.88. The monoisotopic (exact) mass is 431 g/mol. The molecule has 0 aliphatic carbocycles. The molecule has 2 aromatic rings. The van der Waals surface area contributed by atoms with Crippen LogP contribution in [-0.2, 0) is 19.8 Å². The Labute approximate surface area is 179 Å². The number of carbonyl (C=O) groups is 1. The van der Waals surface area contributed by atoms with Crippen LogP contribution in [0.15, 0.2) is 36.9 Å². The van der Waals surface area contributed by atoms with Crippen LogP contribution in [0.3, 0.4) is 0 Å². The third kappa shape index (κ3) is 5.25. The molecule has 31 heavy (non-hydrogen) atoms. The van der Waals surface area contributed by atoms with Gasteiger partial charge in [0.05, 0.1) is 18.1 Å². The van der Waals surface area contributed by atoms with Crippen LogP contribution in [0.5, 0.6) is 17.2 Å². The van der Waals surface area contributed by atoms with E-state index in [1.165, 1.54) is 19.2 Å². The van der Waals surface area contributed by atoms with Crippen molar-refractivity contribution >= 4 is 11.5 Å². The summed E-state index contributed by atoms with van der Waals surface area (Å²) in [5, 5.41) is 30.7. The summed E-state index contributed by atoms with van der Waals surface area (Å²) in [5.41, 5.74) is 1.17. The number of phenols is 2. The number of allylic oxidation sites excluding steroid dienone is 1. The molecule has 166 valence electrons. The van der Waals surface area contributed by atoms with Crippen molar-refractivity contribution in [3.05, 3.63) is 58.2 Å². The van der Waals surface area contributed by atoms with E-state index in [1.807, 2.05) is 0 Å². The fraction of sp³-hybridized carbons (Fsp3) is 0.318. The summed E-state index contributed by atoms with van der Waals surface area (Å²) < 4.78 is 10.3. The molecule has 2 N–H and O–H groups in total. The SMILES string of the molecule is C=C(C)c1ccc(OC)cc1-c1c(O)cc(C(C)(C)C(=O)OCCO[N+](=O)[O-])cc1O. The minimum Gasteiger partial charge on any atom is -0.507 e. The van der Waals surface area contributed by atoms with E-state index in [1.54, 1.807) is 39.0 Å². The van der Waals surface area contributed by atoms with Crippen LogP contribution >= 0.6 is 0 Å². The average Bonchev–Trinajstić information content (AvgIpc) is 2.69. The number of esters is 1. The van der Waals surface area contributed by atoms with Gasteiger partial charge in [-0.1, -0.05) is 18.2 Å². The van der Waals surface area contributed by atoms with Crippen LogP contribution in [0, 0.1) is 10.1 Å². The van der Waals surface area contributed by atoms with Crippen LogP contribution in [0.25, 0.3) is 16.7 Å². The van der Waals surface area contributed by atoms with Gasteiger partial charge in [0.1, 0.15) is 30.5 Å². The number of hydrogen-bond donors (Lipinski definition) is 2. The first-order valence-electron chi connectivity index (χ1n) is 9.34. The van der Waals surface area contributed by atoms with Gasteiger partial charge >= 0.3 is 5.97 Å². The van der Waals surface area contributed by atoms with Crippen molar-refractivity contribution in [3.8, 4) is 28.4 Å². The van der Waals surface area contributed by atoms with E-state index in [0.717, 1.165) is 5.57 Å². The van der Waals surface area contributed by atoms with Gasteiger partial charge in [-0.2, -0.15) is 0 Å². The summed E-state index contributed by atoms with van der Waals surface area (Å²) in [5.74, 6) is -0.662. The zero-order chi connectivity index (χ0) is 23.3. The van der Waals surface area contributed by atoms with Crippen molar-refractivity contribution in [1.29, 1.82) is 0 Å². The molecule has 2 rings (SSSR count). The fourth-order valence-corrected chi connectivity index (χ4v) is 3.02. The Balaban J connectivity index is 2.41. The number of carbonyl (C=O) groups excluding carboxylic acids is 1. The lowest BCUT2D eigenvalue weighted by Crippen LogP contribution is -2.32. The fourth-order valence-electron chi connectivity index (χ4n) is 3.02. The summed E-state index contributed by atoms with van der Waals surface area (Å²) in [6.07, 6.45) is 0. The van der Waals surface area contributed by atoms with Crippen LogP contribution < -0.4 is 4.74 Å². The Bertz CT molecular complexity index is 990. The number of methoxy groups -OCH3 is 1. The van der Waals surface area contributed by atoms with Gasteiger partial charge in [0.25, 0.3) is 5.09 Å². The average molecular weight is 431 g/mol. The highest BCUT2D eigenvalue weighted by Gasteiger charge is 2.33. The molecule has 0 saturated heterocycles. The lowest BCUT2D eigenvalue weighted by atomic mass is 9.82. The Morgan fingerprint density at radius 3 is 2.29 bits per heavy atom. The summed E-state index contributed by atoms with van der Waals surface area (Å²) in [6, 6.07) is 7.93. The number of benzene rings is 2. The second kappa shape index (κ2) is 9.38. The van der Waals surface area contributed by atoms with Gasteiger partial charge in [0.15, 0.2) is 0 Å². The molecule has 0 saturated carbocycles. The number of hydrogen-bond acceptors (Lipinski definition) is 8. The molecule has 0 aliphatic rings. The van der Waals surface area contributed by atoms with Crippen molar-refractivity contribution < 1.29 is 34.4 Å². The van der Waals surface area contributed by atoms with E-state index in [9.17, 15) is 25.1 Å². The zero-order valence-electron chi connectivity index (χ0n) is 17.8. The third-order valence-corrected chi connectivity index (χ3v) is 4.80. The minimum atomic E-state index is -1.26. The molecule has 0 amide bonds. The maximum Gasteiger partial charge on any atom is 0.316 e. The van der Waals surface area contributed by atoms with E-state index in [-0.39, 0.29) is 23.7 Å². The van der Waals surface area contributed by atoms with Gasteiger partial charge in [0, 0.05) is 5.56 Å². The maximum absolute atomic E-state index is 12.5. The molecule has 0 aliphatic heterocycles. The predicted octanol–water partition coefficient (Wildman–Crippen LogP) is 3.84. The van der Waals surface area contributed by atoms with E-state index in [2.05, 4.69) is 11.4 Å². The molecular weight excluding hydrogens is 406 g/mol. The van der Waals surface area contributed by atoms with Gasteiger partial charge in [-0.3, -0.25) is 4.79 Å². The highest BCUT2D eigenvalue weighted by Crippen LogP contribution is 2.44. The molecule has 0 spiro atoms. The van der Waals surface area contributed by atoms with E-state index in [4.69, 9.17) is 9.47 Å². The quantitative estimate of drug-likeness (QED) is 0.265. The number of rotatable bonds is 9. The van der Waals surface area contributed by atoms with Crippen LogP contribution in [0.2, 0.25) is 0 Å². The Morgan fingerprint density at radius 2 is 1.77 bits per heavy atom. The molecule has 0 fully saturated rings. The molecule has 0 atom stereocenters. The lowest BCUT2D eigenvalue weighted by molar-refractivity contribution is -0.757. The van der Waals surface area contributed by atoms with Crippen LogP contribution in [-0.4, -0.2) is 41.6 Å². The molecular formula is C22H25NO8. The third-order valence-electron chi connectivity index (χ3n) is 4.80. The van der Waals surface area contributed by atoms with E-state index >= 15 is 0 Å². The molecule has 9 nitrogen and oxygen atoms in total. The maximum atomic E-state index is 12.5. The van der Waals surface area contributed by atoms with Crippen LogP contribution in [0.1, 0.15) is 31.9 Å². The van der Waals surface area contributed by atoms with Crippen molar-refractivity contribution in [2.45, 2.75) is 26.2 Å². The summed E-state index contributed by atoms with van der Waals surface area (Å²) in [7, 11) is 1.51. The first kappa shape index (κ1) is 23.5. The van der Waals surface area contributed by atoms with Crippen molar-refractivity contribution in [2.24, 2.45) is 0 Å². The molecule has 0 radical (unpaired) electrons. The van der Waals surface area contributed by atoms with Crippen molar-refractivity contribution in [3.63, 3.8) is 0 Å². The number of nitrogens with zero attached hydrogens (tertiary/aromatic N) is 1. The second-order valence-electron chi connectivity index (χ2n) is 7.40. The Hall–Kier alpha value is -3.75. The lowest BCUT2D eigenvalue weighted by Gasteiger charge is -2.24. The standard InChI is InChI=1S/C22H25NO8/c1-13(2)16-7-6-15(29-5)12-17(16)20-18(24)10-14(11-19(20)25)22(3,4)21(26)30-8-9-31-23(27)28/h6-7,10-12,24-25H,1,8-9H2,2-5H3. The molecule has 0 aromatic heterocycles.